The van der Waals surface area contributed by atoms with Crippen molar-refractivity contribution in [1.29, 1.82) is 0 Å². The molecule has 0 fully saturated rings. The van der Waals surface area contributed by atoms with Gasteiger partial charge >= 0.3 is 29.6 Å². The molecule has 2 N–H and O–H groups in total. The van der Waals surface area contributed by atoms with Crippen molar-refractivity contribution < 1.29 is 57.2 Å². The van der Waals surface area contributed by atoms with Crippen molar-refractivity contribution in [2.24, 2.45) is 10.2 Å². The number of hydrogen-bond donors (Lipinski definition) is 2. The molecule has 13 heteroatoms. The van der Waals surface area contributed by atoms with Crippen LogP contribution in [0.15, 0.2) is 75.8 Å². The molecule has 0 saturated heterocycles. The van der Waals surface area contributed by atoms with E-state index in [0.29, 0.717) is 45.8 Å². The summed E-state index contributed by atoms with van der Waals surface area (Å²) < 4.78 is 38.6. The van der Waals surface area contributed by atoms with Gasteiger partial charge in [-0.3, -0.25) is 9.35 Å². The van der Waals surface area contributed by atoms with Gasteiger partial charge in [0.2, 0.25) is 0 Å². The molecule has 9 nitrogen and oxygen atoms in total. The average molecular weight is 610 g/mol. The van der Waals surface area contributed by atoms with Crippen LogP contribution >= 0.6 is 23.2 Å². The number of azo groups is 1. The number of nitrogens with zero attached hydrogens (tertiary/aromatic N) is 2. The normalized spacial score (nSPS) is 11.4. The molecule has 0 bridgehead atoms. The van der Waals surface area contributed by atoms with Crippen LogP contribution in [0.3, 0.4) is 0 Å². The standard InChI is InChI=1S/C27H23Cl2N3O6S.Na/c1-3-15-11-18(39(35,36)37)14-22(24(15)29)31-32-25-19-8-6-5-7-16(19)12-20(26(25)33)27(34)30-21-10-9-17(28)13-23(21)38-4-2;/h5-14,33H,3-4H2,1-2H3,(H,30,34)(H,35,36,37);/q;+1/p-1. The third-order valence-electron chi connectivity index (χ3n) is 5.75. The van der Waals surface area contributed by atoms with Gasteiger partial charge < -0.3 is 15.2 Å². The number of amides is 1. The Bertz CT molecular complexity index is 1730. The molecular weight excluding hydrogens is 588 g/mol. The van der Waals surface area contributed by atoms with Crippen molar-refractivity contribution in [3.8, 4) is 11.5 Å². The minimum atomic E-state index is -4.55. The monoisotopic (exact) mass is 609 g/mol. The molecule has 0 atom stereocenters. The molecule has 0 radical (unpaired) electrons. The Balaban J connectivity index is 0.00000441. The first-order valence-electron chi connectivity index (χ1n) is 11.7. The van der Waals surface area contributed by atoms with Gasteiger partial charge in [-0.25, -0.2) is 0 Å². The summed E-state index contributed by atoms with van der Waals surface area (Å²) in [4.78, 5) is 12.8. The zero-order chi connectivity index (χ0) is 28.3. The van der Waals surface area contributed by atoms with Gasteiger partial charge in [-0.2, -0.15) is 13.5 Å². The molecule has 0 saturated carbocycles. The van der Waals surface area contributed by atoms with Gasteiger partial charge in [-0.1, -0.05) is 60.1 Å². The quantitative estimate of drug-likeness (QED) is 0.175. The van der Waals surface area contributed by atoms with Crippen LogP contribution in [-0.2, 0) is 16.5 Å². The van der Waals surface area contributed by atoms with Crippen molar-refractivity contribution in [3.63, 3.8) is 0 Å². The first-order valence-corrected chi connectivity index (χ1v) is 13.9. The summed E-state index contributed by atoms with van der Waals surface area (Å²) in [5.74, 6) is -1.07. The van der Waals surface area contributed by atoms with E-state index in [9.17, 15) is 22.9 Å². The predicted octanol–water partition coefficient (Wildman–Crippen LogP) is 4.10. The van der Waals surface area contributed by atoms with Crippen molar-refractivity contribution >= 4 is 67.1 Å². The van der Waals surface area contributed by atoms with Gasteiger partial charge in [0.25, 0.3) is 16.0 Å². The summed E-state index contributed by atoms with van der Waals surface area (Å²) in [6.07, 6.45) is 0.352. The second-order valence-electron chi connectivity index (χ2n) is 8.29. The van der Waals surface area contributed by atoms with Gasteiger partial charge in [0.15, 0.2) is 0 Å². The van der Waals surface area contributed by atoms with E-state index in [-0.39, 0.29) is 51.5 Å². The fourth-order valence-electron chi connectivity index (χ4n) is 3.86. The maximum Gasteiger partial charge on any atom is 1.00 e. The molecule has 4 aromatic rings. The molecule has 40 heavy (non-hydrogen) atoms. The minimum absolute atomic E-state index is 0. The van der Waals surface area contributed by atoms with Crippen LogP contribution in [0.25, 0.3) is 10.8 Å². The predicted molar refractivity (Wildman–Crippen MR) is 149 cm³/mol. The van der Waals surface area contributed by atoms with Gasteiger partial charge in [0.05, 0.1) is 27.9 Å². The van der Waals surface area contributed by atoms with Gasteiger partial charge in [0, 0.05) is 22.0 Å². The molecular formula is C27H22Cl2N3NaO6S. The molecule has 0 heterocycles. The second kappa shape index (κ2) is 13.3. The number of ether oxygens (including phenoxy) is 1. The number of anilines is 1. The minimum Gasteiger partial charge on any atom is -0.870 e. The zero-order valence-electron chi connectivity index (χ0n) is 21.7. The van der Waals surface area contributed by atoms with Crippen LogP contribution in [0.2, 0.25) is 10.0 Å². The van der Waals surface area contributed by atoms with E-state index < -0.39 is 26.7 Å². The maximum absolute atomic E-state index is 13.5. The van der Waals surface area contributed by atoms with E-state index in [1.165, 1.54) is 12.1 Å². The number of carbonyl (C=O) groups excluding carboxylic acids is 1. The molecule has 0 aliphatic carbocycles. The average Bonchev–Trinajstić information content (AvgIpc) is 2.89. The van der Waals surface area contributed by atoms with E-state index in [0.717, 1.165) is 6.07 Å². The SMILES string of the molecule is CCOc1cc(Cl)ccc1NC(=O)c1cc2ccccc2c(N=Nc2cc(S(=O)(=O)O)cc(CC)c2Cl)c1[O-].[Na+]. The van der Waals surface area contributed by atoms with Crippen molar-refractivity contribution in [2.75, 3.05) is 11.9 Å². The summed E-state index contributed by atoms with van der Waals surface area (Å²) in [6, 6.07) is 15.2. The topological polar surface area (TPSA) is 140 Å². The first kappa shape index (κ1) is 31.8. The number of halogens is 2. The Hall–Kier alpha value is -2.70. The fourth-order valence-corrected chi connectivity index (χ4v) is 4.86. The Morgan fingerprint density at radius 3 is 2.45 bits per heavy atom. The van der Waals surface area contributed by atoms with E-state index in [1.54, 1.807) is 56.3 Å². The first-order chi connectivity index (χ1) is 18.5. The fraction of sp³-hybridized carbons (Fsp3) is 0.148. The van der Waals surface area contributed by atoms with Crippen molar-refractivity contribution in [2.45, 2.75) is 25.2 Å². The third-order valence-corrected chi connectivity index (χ3v) is 7.25. The van der Waals surface area contributed by atoms with Gasteiger partial charge in [-0.15, -0.1) is 5.11 Å². The molecule has 0 spiro atoms. The number of rotatable bonds is 8. The summed E-state index contributed by atoms with van der Waals surface area (Å²) in [5, 5.41) is 25.8. The van der Waals surface area contributed by atoms with Gasteiger partial charge in [0.1, 0.15) is 11.4 Å². The van der Waals surface area contributed by atoms with Crippen LogP contribution < -0.4 is 44.7 Å². The second-order valence-corrected chi connectivity index (χ2v) is 10.5. The Morgan fingerprint density at radius 1 is 1.05 bits per heavy atom. The van der Waals surface area contributed by atoms with Crippen molar-refractivity contribution in [1.82, 2.24) is 0 Å². The van der Waals surface area contributed by atoms with Crippen LogP contribution in [0.5, 0.6) is 11.5 Å². The smallest absolute Gasteiger partial charge is 0.870 e. The molecule has 0 aliphatic rings. The van der Waals surface area contributed by atoms with E-state index in [1.807, 2.05) is 0 Å². The molecule has 4 rings (SSSR count). The Kier molecular flexibility index (Phi) is 10.6. The van der Waals surface area contributed by atoms with E-state index in [2.05, 4.69) is 15.5 Å². The summed E-state index contributed by atoms with van der Waals surface area (Å²) in [5.41, 5.74) is 0.319. The zero-order valence-corrected chi connectivity index (χ0v) is 26.1. The maximum atomic E-state index is 13.5. The number of nitrogens with one attached hydrogen (secondary N) is 1. The molecule has 0 unspecified atom stereocenters. The summed E-state index contributed by atoms with van der Waals surface area (Å²) in [6.45, 7) is 3.86. The Morgan fingerprint density at radius 2 is 1.77 bits per heavy atom. The van der Waals surface area contributed by atoms with Crippen LogP contribution in [0, 0.1) is 0 Å². The van der Waals surface area contributed by atoms with E-state index in [4.69, 9.17) is 27.9 Å². The number of aryl methyl sites for hydroxylation is 1. The molecule has 4 aromatic carbocycles. The largest absolute Gasteiger partial charge is 1.00 e. The number of benzene rings is 4. The Labute approximate surface area is 263 Å². The summed E-state index contributed by atoms with van der Waals surface area (Å²) in [7, 11) is -4.55. The molecule has 0 aromatic heterocycles. The van der Waals surface area contributed by atoms with Crippen LogP contribution in [0.4, 0.5) is 17.1 Å². The van der Waals surface area contributed by atoms with E-state index >= 15 is 0 Å². The molecule has 202 valence electrons. The summed E-state index contributed by atoms with van der Waals surface area (Å²) >= 11 is 12.4. The number of fused-ring (bicyclic) bond motifs is 1. The van der Waals surface area contributed by atoms with Crippen LogP contribution in [-0.4, -0.2) is 25.5 Å². The van der Waals surface area contributed by atoms with Gasteiger partial charge in [-0.05, 0) is 54.6 Å². The number of carbonyl (C=O) groups is 1. The third kappa shape index (κ3) is 6.95. The number of hydrogen-bond acceptors (Lipinski definition) is 7. The van der Waals surface area contributed by atoms with Crippen molar-refractivity contribution in [3.05, 3.63) is 81.8 Å². The molecule has 0 aliphatic heterocycles. The molecule has 1 amide bonds. The van der Waals surface area contributed by atoms with Crippen LogP contribution in [0.1, 0.15) is 29.8 Å².